The van der Waals surface area contributed by atoms with Crippen LogP contribution in [0.2, 0.25) is 0 Å². The summed E-state index contributed by atoms with van der Waals surface area (Å²) in [5, 5.41) is 30.8. The SMILES string of the molecule is [C-]#[N+]C(C)(CCC(=O)OCCOC(C)OCCOC(C)OCCOC(=O)CCC(C)(C#N)CC(CC(C)(S)C(=O)OC1(CC)C2CC3CC(C2)CC1C3)c1ccc(O)cc1)CC(CC(C)(S)C(=O)OC1(CC)C2CC3CC(C2)CC1C3)c1ccc(O)cc1. The summed E-state index contributed by atoms with van der Waals surface area (Å²) in [5.74, 6) is 2.44. The first kappa shape index (κ1) is 69.3. The van der Waals surface area contributed by atoms with E-state index in [4.69, 9.17) is 69.7 Å². The van der Waals surface area contributed by atoms with Gasteiger partial charge in [0.05, 0.1) is 44.3 Å². The van der Waals surface area contributed by atoms with E-state index >= 15 is 0 Å². The van der Waals surface area contributed by atoms with Gasteiger partial charge in [-0.05, 0) is 232 Å². The van der Waals surface area contributed by atoms with Gasteiger partial charge < -0.3 is 53.0 Å². The van der Waals surface area contributed by atoms with Crippen molar-refractivity contribution in [2.24, 2.45) is 52.8 Å². The molecule has 18 heteroatoms. The van der Waals surface area contributed by atoms with Crippen LogP contribution < -0.4 is 0 Å². The minimum absolute atomic E-state index is 0.00318. The molecule has 8 atom stereocenters. The van der Waals surface area contributed by atoms with Crippen molar-refractivity contribution < 1.29 is 67.3 Å². The van der Waals surface area contributed by atoms with E-state index in [1.807, 2.05) is 45.0 Å². The maximum absolute atomic E-state index is 14.3. The largest absolute Gasteiger partial charge is 0.508 e. The summed E-state index contributed by atoms with van der Waals surface area (Å²) in [6.07, 6.45) is 13.6. The van der Waals surface area contributed by atoms with Crippen LogP contribution in [0, 0.1) is 70.7 Å². The summed E-state index contributed by atoms with van der Waals surface area (Å²) in [6.45, 7) is 23.7. The summed E-state index contributed by atoms with van der Waals surface area (Å²) < 4.78 is 44.8. The molecule has 8 bridgehead atoms. The smallest absolute Gasteiger partial charge is 0.322 e. The highest BCUT2D eigenvalue weighted by molar-refractivity contribution is 7.82. The predicted molar refractivity (Wildman–Crippen MR) is 339 cm³/mol. The lowest BCUT2D eigenvalue weighted by Crippen LogP contribution is -2.60. The fourth-order valence-electron chi connectivity index (χ4n) is 17.0. The minimum Gasteiger partial charge on any atom is -0.508 e. The van der Waals surface area contributed by atoms with Crippen molar-refractivity contribution in [2.45, 2.75) is 234 Å². The van der Waals surface area contributed by atoms with E-state index < -0.39 is 56.2 Å². The number of esters is 4. The van der Waals surface area contributed by atoms with Crippen molar-refractivity contribution in [3.05, 3.63) is 71.1 Å². The average Bonchev–Trinajstić information content (AvgIpc) is 1.29. The lowest BCUT2D eigenvalue weighted by atomic mass is 9.49. The Morgan fingerprint density at radius 3 is 1.25 bits per heavy atom. The second kappa shape index (κ2) is 29.8. The molecule has 2 N–H and O–H groups in total. The number of phenolic OH excluding ortho intramolecular Hbond substituents is 2. The Morgan fingerprint density at radius 1 is 0.568 bits per heavy atom. The van der Waals surface area contributed by atoms with E-state index in [9.17, 15) is 34.7 Å². The third-order valence-corrected chi connectivity index (χ3v) is 22.2. The van der Waals surface area contributed by atoms with Gasteiger partial charge in [-0.15, -0.1) is 0 Å². The number of rotatable bonds is 35. The maximum atomic E-state index is 14.3. The number of carbonyl (C=O) groups excluding carboxylic acids is 4. The van der Waals surface area contributed by atoms with Crippen molar-refractivity contribution in [1.82, 2.24) is 0 Å². The molecule has 0 saturated heterocycles. The molecule has 8 aliphatic rings. The number of ether oxygens (including phenoxy) is 8. The third-order valence-electron chi connectivity index (χ3n) is 21.5. The number of phenols is 2. The monoisotopic (exact) mass is 1260 g/mol. The summed E-state index contributed by atoms with van der Waals surface area (Å²) in [5.41, 5.74) is -1.17. The van der Waals surface area contributed by atoms with Gasteiger partial charge in [0.1, 0.15) is 45.4 Å². The summed E-state index contributed by atoms with van der Waals surface area (Å²) >= 11 is 9.98. The molecule has 10 rings (SSSR count). The van der Waals surface area contributed by atoms with Crippen LogP contribution >= 0.6 is 25.3 Å². The zero-order valence-corrected chi connectivity index (χ0v) is 55.3. The fourth-order valence-corrected chi connectivity index (χ4v) is 17.6. The summed E-state index contributed by atoms with van der Waals surface area (Å²) in [4.78, 5) is 58.5. The van der Waals surface area contributed by atoms with Gasteiger partial charge in [-0.1, -0.05) is 38.1 Å². The van der Waals surface area contributed by atoms with E-state index in [0.717, 1.165) is 99.0 Å². The van der Waals surface area contributed by atoms with Gasteiger partial charge in [-0.3, -0.25) is 19.2 Å². The van der Waals surface area contributed by atoms with E-state index in [1.165, 1.54) is 12.8 Å². The molecule has 0 amide bonds. The van der Waals surface area contributed by atoms with Crippen LogP contribution in [-0.4, -0.2) is 113 Å². The van der Waals surface area contributed by atoms with Gasteiger partial charge in [-0.2, -0.15) is 30.5 Å². The molecule has 8 aliphatic carbocycles. The second-order valence-electron chi connectivity index (χ2n) is 28.3. The van der Waals surface area contributed by atoms with E-state index in [2.05, 4.69) is 24.8 Å². The second-order valence-corrected chi connectivity index (χ2v) is 30.3. The van der Waals surface area contributed by atoms with Gasteiger partial charge in [0.25, 0.3) is 0 Å². The van der Waals surface area contributed by atoms with Gasteiger partial charge in [0.15, 0.2) is 12.6 Å². The molecule has 2 aromatic rings. The van der Waals surface area contributed by atoms with Crippen LogP contribution in [0.25, 0.3) is 4.85 Å². The van der Waals surface area contributed by atoms with Crippen molar-refractivity contribution in [3.8, 4) is 17.6 Å². The van der Waals surface area contributed by atoms with Crippen LogP contribution in [0.5, 0.6) is 11.5 Å². The van der Waals surface area contributed by atoms with Crippen molar-refractivity contribution in [3.63, 3.8) is 0 Å². The number of carbonyl (C=O) groups is 4. The van der Waals surface area contributed by atoms with Crippen LogP contribution in [-0.2, 0) is 57.1 Å². The number of aromatic hydroxyl groups is 2. The van der Waals surface area contributed by atoms with Crippen molar-refractivity contribution in [2.75, 3.05) is 39.6 Å². The van der Waals surface area contributed by atoms with E-state index in [-0.39, 0.29) is 101 Å². The number of hydrogen-bond donors (Lipinski definition) is 4. The Morgan fingerprint density at radius 2 is 0.909 bits per heavy atom. The molecular formula is C70H100N2O14S2. The Hall–Kier alpha value is -4.56. The minimum atomic E-state index is -1.17. The first-order valence-corrected chi connectivity index (χ1v) is 33.7. The standard InChI is InChI=1S/C70H100N2O14S2/c1-10-69(55-32-47-30-48(34-55)35-56(69)33-47)85-63(77)67(7,87)42-53(51-12-16-59(73)17-13-51)40-65(5,44-71)22-20-61(75)83-28-26-81-45(3)79-24-25-80-46(4)82-27-29-84-62(76)21-23-66(6,72-9)41-54(52-14-18-60(74)19-15-52)43-68(8,88)64(78)86-70(11-2)57-36-49-31-50(38-57)39-58(70)37-49/h12-19,45-50,53-58,73-74,87-88H,10-11,20-43H2,1-8H3. The molecule has 8 saturated carbocycles. The van der Waals surface area contributed by atoms with Crippen LogP contribution in [0.15, 0.2) is 48.5 Å². The Labute approximate surface area is 534 Å². The Bertz CT molecular complexity index is 2520. The highest BCUT2D eigenvalue weighted by atomic mass is 32.1. The number of hydrogen-bond acceptors (Lipinski definition) is 17. The highest BCUT2D eigenvalue weighted by Gasteiger charge is 2.61. The van der Waals surface area contributed by atoms with Crippen molar-refractivity contribution >= 4 is 49.1 Å². The average molecular weight is 1260 g/mol. The third kappa shape index (κ3) is 17.3. The molecule has 8 fully saturated rings. The maximum Gasteiger partial charge on any atom is 0.322 e. The lowest BCUT2D eigenvalue weighted by Gasteiger charge is -2.60. The number of nitriles is 1. The first-order chi connectivity index (χ1) is 41.7. The molecule has 2 aromatic carbocycles. The van der Waals surface area contributed by atoms with E-state index in [1.54, 1.807) is 45.0 Å². The Kier molecular flexibility index (Phi) is 23.5. The molecular weight excluding hydrogens is 1160 g/mol. The molecule has 0 radical (unpaired) electrons. The quantitative estimate of drug-likeness (QED) is 0.0126. The summed E-state index contributed by atoms with van der Waals surface area (Å²) in [6, 6.07) is 16.1. The summed E-state index contributed by atoms with van der Waals surface area (Å²) in [7, 11) is 0. The zero-order valence-electron chi connectivity index (χ0n) is 53.5. The molecule has 0 spiro atoms. The highest BCUT2D eigenvalue weighted by Crippen LogP contribution is 2.63. The normalized spacial score (nSPS) is 29.8. The van der Waals surface area contributed by atoms with Crippen LogP contribution in [0.4, 0.5) is 0 Å². The predicted octanol–water partition coefficient (Wildman–Crippen LogP) is 13.8. The molecule has 8 unspecified atom stereocenters. The van der Waals surface area contributed by atoms with Crippen LogP contribution in [0.3, 0.4) is 0 Å². The number of thiol groups is 2. The molecule has 16 nitrogen and oxygen atoms in total. The molecule has 0 aromatic heterocycles. The van der Waals surface area contributed by atoms with Gasteiger partial charge >= 0.3 is 23.9 Å². The first-order valence-electron chi connectivity index (χ1n) is 32.8. The number of benzene rings is 2. The fraction of sp³-hybridized carbons (Fsp3) is 0.743. The molecule has 0 heterocycles. The van der Waals surface area contributed by atoms with Gasteiger partial charge in [-0.25, -0.2) is 6.57 Å². The number of nitrogens with zero attached hydrogens (tertiary/aromatic N) is 2. The van der Waals surface area contributed by atoms with Crippen LogP contribution in [0.1, 0.15) is 207 Å². The van der Waals surface area contributed by atoms with Gasteiger partial charge in [0, 0.05) is 26.2 Å². The topological polar surface area (TPSA) is 211 Å². The lowest BCUT2D eigenvalue weighted by molar-refractivity contribution is -0.213. The molecule has 486 valence electrons. The zero-order chi connectivity index (χ0) is 63.7. The Balaban J connectivity index is 0.693. The van der Waals surface area contributed by atoms with E-state index in [0.29, 0.717) is 49.4 Å². The molecule has 88 heavy (non-hydrogen) atoms. The van der Waals surface area contributed by atoms with Crippen molar-refractivity contribution in [1.29, 1.82) is 5.26 Å². The molecule has 0 aliphatic heterocycles. The van der Waals surface area contributed by atoms with Gasteiger partial charge in [0.2, 0.25) is 5.54 Å².